The van der Waals surface area contributed by atoms with Crippen molar-refractivity contribution in [3.63, 3.8) is 0 Å². The first kappa shape index (κ1) is 25.1. The zero-order chi connectivity index (χ0) is 26.6. The van der Waals surface area contributed by atoms with Gasteiger partial charge in [-0.3, -0.25) is 4.79 Å². The molecule has 38 heavy (non-hydrogen) atoms. The summed E-state index contributed by atoms with van der Waals surface area (Å²) >= 11 is 0. The van der Waals surface area contributed by atoms with Crippen LogP contribution in [-0.4, -0.2) is 51.5 Å². The van der Waals surface area contributed by atoms with Gasteiger partial charge in [0.05, 0.1) is 49.8 Å². The maximum absolute atomic E-state index is 13.7. The van der Waals surface area contributed by atoms with Gasteiger partial charge in [-0.2, -0.15) is 5.10 Å². The molecule has 2 aromatic carbocycles. The monoisotopic (exact) mass is 513 g/mol. The van der Waals surface area contributed by atoms with Crippen molar-refractivity contribution in [3.8, 4) is 17.3 Å². The number of urea groups is 1. The molecule has 0 bridgehead atoms. The van der Waals surface area contributed by atoms with E-state index in [4.69, 9.17) is 14.6 Å². The Labute approximate surface area is 221 Å². The minimum atomic E-state index is -0.394. The Balaban J connectivity index is 1.60. The molecule has 0 saturated carbocycles. The Morgan fingerprint density at radius 2 is 1.82 bits per heavy atom. The molecular weight excluding hydrogens is 482 g/mol. The van der Waals surface area contributed by atoms with Crippen LogP contribution in [0.3, 0.4) is 0 Å². The Morgan fingerprint density at radius 3 is 2.53 bits per heavy atom. The Morgan fingerprint density at radius 1 is 1.05 bits per heavy atom. The number of carbonyl (C=O) groups excluding carboxylic acids is 2. The van der Waals surface area contributed by atoms with Gasteiger partial charge >= 0.3 is 12.0 Å². The molecule has 5 rings (SSSR count). The second kappa shape index (κ2) is 10.8. The molecule has 4 aromatic rings. The molecular formula is C29H31N5O4. The van der Waals surface area contributed by atoms with Crippen molar-refractivity contribution in [1.82, 2.24) is 24.6 Å². The van der Waals surface area contributed by atoms with Crippen molar-refractivity contribution < 1.29 is 19.1 Å². The molecule has 2 aromatic heterocycles. The van der Waals surface area contributed by atoms with Crippen LogP contribution in [0.1, 0.15) is 41.9 Å². The van der Waals surface area contributed by atoms with Crippen LogP contribution >= 0.6 is 0 Å². The Kier molecular flexibility index (Phi) is 7.17. The molecule has 0 saturated heterocycles. The lowest BCUT2D eigenvalue weighted by atomic mass is 10.0. The largest absolute Gasteiger partial charge is 0.497 e. The van der Waals surface area contributed by atoms with Crippen molar-refractivity contribution >= 4 is 12.0 Å². The van der Waals surface area contributed by atoms with Gasteiger partial charge in [0.2, 0.25) is 0 Å². The van der Waals surface area contributed by atoms with E-state index in [1.54, 1.807) is 18.9 Å². The van der Waals surface area contributed by atoms with Gasteiger partial charge in [0, 0.05) is 18.3 Å². The van der Waals surface area contributed by atoms with E-state index >= 15 is 0 Å². The van der Waals surface area contributed by atoms with Crippen LogP contribution in [0, 0.1) is 6.92 Å². The molecule has 0 unspecified atom stereocenters. The number of benzene rings is 2. The molecule has 9 nitrogen and oxygen atoms in total. The van der Waals surface area contributed by atoms with E-state index in [9.17, 15) is 9.59 Å². The van der Waals surface area contributed by atoms with Crippen LogP contribution in [-0.2, 0) is 16.1 Å². The SMILES string of the molecule is CCOC(=O)CCNC(=O)N1Cc2c(C)nn(-c3ccccc3)c2-n2cccc2[C@@H]1c1ccc(OC)cc1. The molecule has 0 fully saturated rings. The summed E-state index contributed by atoms with van der Waals surface area (Å²) < 4.78 is 14.4. The van der Waals surface area contributed by atoms with E-state index in [1.165, 1.54) is 0 Å². The molecule has 3 heterocycles. The second-order valence-electron chi connectivity index (χ2n) is 9.03. The summed E-state index contributed by atoms with van der Waals surface area (Å²) in [5, 5.41) is 7.79. The number of ether oxygens (including phenoxy) is 2. The average molecular weight is 514 g/mol. The highest BCUT2D eigenvalue weighted by Crippen LogP contribution is 2.38. The highest BCUT2D eigenvalue weighted by Gasteiger charge is 2.36. The van der Waals surface area contributed by atoms with Gasteiger partial charge in [0.25, 0.3) is 0 Å². The molecule has 2 amide bonds. The van der Waals surface area contributed by atoms with Crippen LogP contribution in [0.5, 0.6) is 5.75 Å². The first-order chi connectivity index (χ1) is 18.5. The number of aromatic nitrogens is 3. The Hall–Kier alpha value is -4.53. The Bertz CT molecular complexity index is 1430. The van der Waals surface area contributed by atoms with Gasteiger partial charge in [0.15, 0.2) is 0 Å². The second-order valence-corrected chi connectivity index (χ2v) is 9.03. The third kappa shape index (κ3) is 4.74. The summed E-state index contributed by atoms with van der Waals surface area (Å²) in [6, 6.07) is 21.1. The van der Waals surface area contributed by atoms with Crippen LogP contribution in [0.2, 0.25) is 0 Å². The summed E-state index contributed by atoms with van der Waals surface area (Å²) in [6.45, 7) is 4.55. The number of para-hydroxylation sites is 1. The lowest BCUT2D eigenvalue weighted by Gasteiger charge is -2.31. The number of methoxy groups -OCH3 is 1. The number of hydrogen-bond acceptors (Lipinski definition) is 5. The number of aryl methyl sites for hydroxylation is 1. The molecule has 1 atom stereocenters. The number of esters is 1. The molecule has 9 heteroatoms. The van der Waals surface area contributed by atoms with Crippen molar-refractivity contribution in [2.45, 2.75) is 32.9 Å². The van der Waals surface area contributed by atoms with Gasteiger partial charge in [-0.15, -0.1) is 0 Å². The third-order valence-electron chi connectivity index (χ3n) is 6.69. The number of nitrogens with zero attached hydrogens (tertiary/aromatic N) is 4. The first-order valence-electron chi connectivity index (χ1n) is 12.7. The predicted octanol–water partition coefficient (Wildman–Crippen LogP) is 4.55. The highest BCUT2D eigenvalue weighted by atomic mass is 16.5. The fraction of sp³-hybridized carbons (Fsp3) is 0.276. The van der Waals surface area contributed by atoms with E-state index in [-0.39, 0.29) is 25.0 Å². The quantitative estimate of drug-likeness (QED) is 0.366. The van der Waals surface area contributed by atoms with Gasteiger partial charge < -0.3 is 24.3 Å². The van der Waals surface area contributed by atoms with E-state index in [2.05, 4.69) is 9.88 Å². The highest BCUT2D eigenvalue weighted by molar-refractivity contribution is 5.77. The number of carbonyl (C=O) groups is 2. The molecule has 0 aliphatic carbocycles. The van der Waals surface area contributed by atoms with E-state index in [0.717, 1.165) is 39.8 Å². The van der Waals surface area contributed by atoms with Crippen LogP contribution in [0.25, 0.3) is 11.5 Å². The van der Waals surface area contributed by atoms with E-state index in [1.807, 2.05) is 84.5 Å². The zero-order valence-corrected chi connectivity index (χ0v) is 21.8. The van der Waals surface area contributed by atoms with E-state index in [0.29, 0.717) is 13.2 Å². The van der Waals surface area contributed by atoms with Crippen LogP contribution in [0.15, 0.2) is 72.9 Å². The standard InChI is InChI=1S/C29H31N5O4/c1-4-38-26(35)16-17-30-29(36)33-19-24-20(2)31-34(22-9-6-5-7-10-22)28(24)32-18-8-11-25(32)27(33)21-12-14-23(37-3)15-13-21/h5-15,18,27H,4,16-17,19H2,1-3H3,(H,30,36)/t27-/m0/s1. The van der Waals surface area contributed by atoms with Crippen LogP contribution < -0.4 is 10.1 Å². The van der Waals surface area contributed by atoms with Gasteiger partial charge in [-0.05, 0) is 55.8 Å². The lowest BCUT2D eigenvalue weighted by molar-refractivity contribution is -0.142. The molecule has 1 aliphatic rings. The number of hydrogen-bond donors (Lipinski definition) is 1. The zero-order valence-electron chi connectivity index (χ0n) is 21.8. The summed E-state index contributed by atoms with van der Waals surface area (Å²) in [6.07, 6.45) is 2.11. The minimum absolute atomic E-state index is 0.104. The number of nitrogens with one attached hydrogen (secondary N) is 1. The fourth-order valence-electron chi connectivity index (χ4n) is 4.89. The topological polar surface area (TPSA) is 90.6 Å². The average Bonchev–Trinajstić information content (AvgIpc) is 3.50. The van der Waals surface area contributed by atoms with Gasteiger partial charge in [-0.1, -0.05) is 30.3 Å². The fourth-order valence-corrected chi connectivity index (χ4v) is 4.89. The molecule has 196 valence electrons. The van der Waals surface area contributed by atoms with E-state index < -0.39 is 6.04 Å². The maximum atomic E-state index is 13.7. The molecule has 1 N–H and O–H groups in total. The van der Waals surface area contributed by atoms with Crippen LogP contribution in [0.4, 0.5) is 4.79 Å². The smallest absolute Gasteiger partial charge is 0.318 e. The normalized spacial score (nSPS) is 14.3. The summed E-state index contributed by atoms with van der Waals surface area (Å²) in [4.78, 5) is 27.4. The summed E-state index contributed by atoms with van der Waals surface area (Å²) in [5.41, 5.74) is 4.58. The predicted molar refractivity (Wildman–Crippen MR) is 143 cm³/mol. The van der Waals surface area contributed by atoms with Gasteiger partial charge in [0.1, 0.15) is 11.6 Å². The summed E-state index contributed by atoms with van der Waals surface area (Å²) in [7, 11) is 1.63. The van der Waals surface area contributed by atoms with Crippen molar-refractivity contribution in [1.29, 1.82) is 0 Å². The van der Waals surface area contributed by atoms with Gasteiger partial charge in [-0.25, -0.2) is 9.48 Å². The van der Waals surface area contributed by atoms with Crippen molar-refractivity contribution in [3.05, 3.63) is 95.4 Å². The number of amides is 2. The lowest BCUT2D eigenvalue weighted by Crippen LogP contribution is -2.42. The summed E-state index contributed by atoms with van der Waals surface area (Å²) in [5.74, 6) is 1.29. The molecule has 1 aliphatic heterocycles. The molecule has 0 spiro atoms. The number of rotatable bonds is 7. The maximum Gasteiger partial charge on any atom is 0.318 e. The minimum Gasteiger partial charge on any atom is -0.497 e. The first-order valence-corrected chi connectivity index (χ1v) is 12.7. The third-order valence-corrected chi connectivity index (χ3v) is 6.69. The number of fused-ring (bicyclic) bond motifs is 3. The van der Waals surface area contributed by atoms with Crippen molar-refractivity contribution in [2.24, 2.45) is 0 Å². The van der Waals surface area contributed by atoms with Crippen molar-refractivity contribution in [2.75, 3.05) is 20.3 Å². The molecule has 0 radical (unpaired) electrons.